The summed E-state index contributed by atoms with van der Waals surface area (Å²) in [5.74, 6) is -0.162. The van der Waals surface area contributed by atoms with E-state index in [4.69, 9.17) is 0 Å². The van der Waals surface area contributed by atoms with E-state index in [0.717, 1.165) is 0 Å². The second-order valence-electron chi connectivity index (χ2n) is 1.92. The summed E-state index contributed by atoms with van der Waals surface area (Å²) in [5.41, 5.74) is 0. The Morgan fingerprint density at radius 3 is 2.00 bits per heavy atom. The molecule has 0 aliphatic carbocycles. The van der Waals surface area contributed by atoms with Crippen LogP contribution in [0.25, 0.3) is 0 Å². The van der Waals surface area contributed by atoms with Crippen LogP contribution >= 0.6 is 0 Å². The Hall–Kier alpha value is -0.860. The first-order valence-electron chi connectivity index (χ1n) is 2.90. The second-order valence-corrected chi connectivity index (χ2v) is 1.92. The van der Waals surface area contributed by atoms with Gasteiger partial charge in [0.1, 0.15) is 0 Å². The number of likely N-dealkylation sites (tertiary alicyclic amines) is 1. The summed E-state index contributed by atoms with van der Waals surface area (Å²) in [4.78, 5) is 22.5. The largest absolute Gasteiger partial charge is 0.278 e. The number of rotatable bonds is 1. The van der Waals surface area contributed by atoms with Gasteiger partial charge in [0.25, 0.3) is 0 Å². The van der Waals surface area contributed by atoms with Crippen molar-refractivity contribution in [3.05, 3.63) is 6.54 Å². The molecule has 2 amide bonds. The molecule has 0 atom stereocenters. The van der Waals surface area contributed by atoms with Gasteiger partial charge in [0.15, 0.2) is 0 Å². The van der Waals surface area contributed by atoms with Gasteiger partial charge in [-0.3, -0.25) is 14.5 Å². The van der Waals surface area contributed by atoms with E-state index < -0.39 is 0 Å². The molecule has 0 aromatic carbocycles. The number of nitrogens with zero attached hydrogens (tertiary/aromatic N) is 1. The average Bonchev–Trinajstić information content (AvgIpc) is 2.12. The lowest BCUT2D eigenvalue weighted by Gasteiger charge is -2.07. The second kappa shape index (κ2) is 2.17. The summed E-state index contributed by atoms with van der Waals surface area (Å²) in [7, 11) is 0. The van der Waals surface area contributed by atoms with Crippen molar-refractivity contribution in [2.75, 3.05) is 0 Å². The first-order valence-corrected chi connectivity index (χ1v) is 2.90. The topological polar surface area (TPSA) is 37.4 Å². The van der Waals surface area contributed by atoms with Crippen molar-refractivity contribution in [2.24, 2.45) is 0 Å². The number of hydrogen-bond acceptors (Lipinski definition) is 2. The molecule has 1 aliphatic heterocycles. The minimum atomic E-state index is -0.0810. The summed E-state index contributed by atoms with van der Waals surface area (Å²) in [6.45, 7) is 3.19. The molecule has 1 heterocycles. The highest BCUT2D eigenvalue weighted by molar-refractivity contribution is 6.02. The Morgan fingerprint density at radius 1 is 1.33 bits per heavy atom. The molecule has 0 aromatic heterocycles. The third-order valence-electron chi connectivity index (χ3n) is 1.35. The third kappa shape index (κ3) is 0.943. The maximum absolute atomic E-state index is 10.7. The van der Waals surface area contributed by atoms with Gasteiger partial charge in [0.2, 0.25) is 11.8 Å². The van der Waals surface area contributed by atoms with Gasteiger partial charge >= 0.3 is 0 Å². The molecule has 0 N–H and O–H groups in total. The molecule has 0 bridgehead atoms. The van der Waals surface area contributed by atoms with Crippen LogP contribution in [0.15, 0.2) is 0 Å². The van der Waals surface area contributed by atoms with Crippen LogP contribution in [-0.4, -0.2) is 16.7 Å². The fourth-order valence-electron chi connectivity index (χ4n) is 0.882. The number of amides is 2. The molecular weight excluding hydrogens is 118 g/mol. The van der Waals surface area contributed by atoms with Crippen LogP contribution in [0.5, 0.6) is 0 Å². The Balaban J connectivity index is 2.66. The molecule has 9 heavy (non-hydrogen) atoms. The Morgan fingerprint density at radius 2 is 1.78 bits per heavy atom. The van der Waals surface area contributed by atoms with Crippen molar-refractivity contribution >= 4 is 11.8 Å². The van der Waals surface area contributed by atoms with Crippen molar-refractivity contribution < 1.29 is 9.59 Å². The van der Waals surface area contributed by atoms with Crippen LogP contribution in [-0.2, 0) is 9.59 Å². The smallest absolute Gasteiger partial charge is 0.230 e. The van der Waals surface area contributed by atoms with Crippen LogP contribution in [0.3, 0.4) is 0 Å². The molecule has 0 saturated carbocycles. The average molecular weight is 126 g/mol. The Bertz CT molecular complexity index is 137. The minimum absolute atomic E-state index is 0.0810. The van der Waals surface area contributed by atoms with E-state index in [0.29, 0.717) is 12.8 Å². The van der Waals surface area contributed by atoms with Crippen LogP contribution in [0, 0.1) is 6.54 Å². The quantitative estimate of drug-likeness (QED) is 0.474. The van der Waals surface area contributed by atoms with E-state index in [9.17, 15) is 9.59 Å². The van der Waals surface area contributed by atoms with Gasteiger partial charge in [-0.05, 0) is 6.92 Å². The summed E-state index contributed by atoms with van der Waals surface area (Å²) < 4.78 is 0. The van der Waals surface area contributed by atoms with Crippen LogP contribution < -0.4 is 0 Å². The van der Waals surface area contributed by atoms with Gasteiger partial charge in [-0.2, -0.15) is 0 Å². The molecule has 0 unspecified atom stereocenters. The van der Waals surface area contributed by atoms with E-state index in [1.54, 1.807) is 6.92 Å². The predicted molar refractivity (Wildman–Crippen MR) is 31.1 cm³/mol. The van der Waals surface area contributed by atoms with E-state index in [2.05, 4.69) is 0 Å². The van der Waals surface area contributed by atoms with Crippen LogP contribution in [0.1, 0.15) is 19.8 Å². The molecule has 0 spiro atoms. The molecule has 1 aliphatic rings. The van der Waals surface area contributed by atoms with Crippen molar-refractivity contribution in [3.8, 4) is 0 Å². The molecule has 0 aromatic rings. The lowest BCUT2D eigenvalue weighted by atomic mass is 10.4. The normalized spacial score (nSPS) is 19.4. The fraction of sp³-hybridized carbons (Fsp3) is 0.500. The van der Waals surface area contributed by atoms with Gasteiger partial charge in [-0.25, -0.2) is 0 Å². The highest BCUT2D eigenvalue weighted by Gasteiger charge is 2.26. The van der Waals surface area contributed by atoms with Crippen molar-refractivity contribution in [2.45, 2.75) is 19.8 Å². The molecule has 49 valence electrons. The number of carbonyl (C=O) groups excluding carboxylic acids is 2. The zero-order valence-corrected chi connectivity index (χ0v) is 5.26. The number of carbonyl (C=O) groups is 2. The fourth-order valence-corrected chi connectivity index (χ4v) is 0.882. The molecule has 1 radical (unpaired) electrons. The van der Waals surface area contributed by atoms with Crippen molar-refractivity contribution in [3.63, 3.8) is 0 Å². The van der Waals surface area contributed by atoms with Gasteiger partial charge in [-0.15, -0.1) is 0 Å². The lowest BCUT2D eigenvalue weighted by Crippen LogP contribution is -2.24. The van der Waals surface area contributed by atoms with Crippen LogP contribution in [0.4, 0.5) is 0 Å². The monoisotopic (exact) mass is 126 g/mol. The van der Waals surface area contributed by atoms with Crippen LogP contribution in [0.2, 0.25) is 0 Å². The van der Waals surface area contributed by atoms with Gasteiger partial charge in [0, 0.05) is 12.8 Å². The number of hydrogen-bond donors (Lipinski definition) is 0. The van der Waals surface area contributed by atoms with E-state index in [1.165, 1.54) is 11.4 Å². The molecule has 1 rings (SSSR count). The van der Waals surface area contributed by atoms with Gasteiger partial charge < -0.3 is 0 Å². The molecule has 3 nitrogen and oxygen atoms in total. The number of imide groups is 1. The van der Waals surface area contributed by atoms with Crippen molar-refractivity contribution in [1.82, 2.24) is 4.90 Å². The Labute approximate surface area is 53.6 Å². The minimum Gasteiger partial charge on any atom is -0.278 e. The van der Waals surface area contributed by atoms with Gasteiger partial charge in [0.05, 0.1) is 6.54 Å². The van der Waals surface area contributed by atoms with Gasteiger partial charge in [-0.1, -0.05) is 0 Å². The highest BCUT2D eigenvalue weighted by atomic mass is 16.2. The summed E-state index contributed by atoms with van der Waals surface area (Å²) >= 11 is 0. The first-order chi connectivity index (χ1) is 4.25. The molecule has 1 fully saturated rings. The lowest BCUT2D eigenvalue weighted by molar-refractivity contribution is -0.136. The Kier molecular flexibility index (Phi) is 1.51. The SMILES string of the molecule is C[CH]N1C(=O)CCC1=O. The summed E-state index contributed by atoms with van der Waals surface area (Å²) in [6, 6.07) is 0. The maximum atomic E-state index is 10.7. The first kappa shape index (κ1) is 6.26. The standard InChI is InChI=1S/C6H8NO2/c1-2-7-5(8)3-4-6(7)9/h2H,3-4H2,1H3. The van der Waals surface area contributed by atoms with E-state index >= 15 is 0 Å². The molecule has 1 saturated heterocycles. The molecule has 3 heteroatoms. The maximum Gasteiger partial charge on any atom is 0.230 e. The summed E-state index contributed by atoms with van der Waals surface area (Å²) in [5, 5.41) is 0. The zero-order valence-electron chi connectivity index (χ0n) is 5.26. The zero-order chi connectivity index (χ0) is 6.85. The predicted octanol–water partition coefficient (Wildman–Crippen LogP) is 0.317. The summed E-state index contributed by atoms with van der Waals surface area (Å²) in [6.07, 6.45) is 0.756. The van der Waals surface area contributed by atoms with E-state index in [1.807, 2.05) is 0 Å². The van der Waals surface area contributed by atoms with Crippen molar-refractivity contribution in [1.29, 1.82) is 0 Å². The van der Waals surface area contributed by atoms with E-state index in [-0.39, 0.29) is 11.8 Å². The molecular formula is C6H8NO2. The third-order valence-corrected chi connectivity index (χ3v) is 1.35. The highest BCUT2D eigenvalue weighted by Crippen LogP contribution is 2.11.